The number of carbonyl (C=O) groups excluding carboxylic acids is 1. The van der Waals surface area contributed by atoms with Gasteiger partial charge in [-0.1, -0.05) is 11.6 Å². The Morgan fingerprint density at radius 2 is 1.81 bits per heavy atom. The predicted molar refractivity (Wildman–Crippen MR) is 54.4 cm³/mol. The van der Waals surface area contributed by atoms with E-state index in [-0.39, 0.29) is 5.56 Å². The van der Waals surface area contributed by atoms with Gasteiger partial charge in [0.05, 0.1) is 0 Å². The molecule has 1 unspecified atom stereocenters. The van der Waals surface area contributed by atoms with Crippen LogP contribution in [0, 0.1) is 0 Å². The van der Waals surface area contributed by atoms with E-state index in [4.69, 9.17) is 11.6 Å². The van der Waals surface area contributed by atoms with Gasteiger partial charge in [0.25, 0.3) is 5.91 Å². The van der Waals surface area contributed by atoms with Crippen LogP contribution in [0.3, 0.4) is 0 Å². The molecule has 0 bridgehead atoms. The Bertz CT molecular complexity index is 375. The van der Waals surface area contributed by atoms with E-state index in [0.717, 1.165) is 6.92 Å². The quantitative estimate of drug-likeness (QED) is 0.860. The molecule has 0 radical (unpaired) electrons. The maximum Gasteiger partial charge on any atom is 0.408 e. The fraction of sp³-hybridized carbons (Fsp3) is 0.300. The molecule has 0 aliphatic carbocycles. The maximum absolute atomic E-state index is 12.2. The van der Waals surface area contributed by atoms with Crippen LogP contribution in [-0.2, 0) is 0 Å². The average molecular weight is 252 g/mol. The summed E-state index contributed by atoms with van der Waals surface area (Å²) < 4.78 is 36.5. The number of amides is 1. The van der Waals surface area contributed by atoms with Gasteiger partial charge in [-0.25, -0.2) is 0 Å². The molecule has 0 spiro atoms. The second kappa shape index (κ2) is 4.74. The lowest BCUT2D eigenvalue weighted by atomic mass is 10.2. The summed E-state index contributed by atoms with van der Waals surface area (Å²) in [6.45, 7) is 0.883. The topological polar surface area (TPSA) is 29.1 Å². The van der Waals surface area contributed by atoms with E-state index in [9.17, 15) is 18.0 Å². The van der Waals surface area contributed by atoms with Crippen LogP contribution in [0.4, 0.5) is 13.2 Å². The zero-order valence-electron chi connectivity index (χ0n) is 8.31. The van der Waals surface area contributed by atoms with Crippen LogP contribution in [0.15, 0.2) is 24.3 Å². The van der Waals surface area contributed by atoms with Crippen molar-refractivity contribution in [1.29, 1.82) is 0 Å². The summed E-state index contributed by atoms with van der Waals surface area (Å²) >= 11 is 5.58. The lowest BCUT2D eigenvalue weighted by Crippen LogP contribution is -2.43. The van der Waals surface area contributed by atoms with Gasteiger partial charge in [0, 0.05) is 10.6 Å². The summed E-state index contributed by atoms with van der Waals surface area (Å²) in [5.41, 5.74) is 0.139. The van der Waals surface area contributed by atoms with Crippen molar-refractivity contribution in [2.45, 2.75) is 19.1 Å². The largest absolute Gasteiger partial charge is 0.408 e. The Morgan fingerprint density at radius 1 is 1.31 bits per heavy atom. The number of hydrogen-bond donors (Lipinski definition) is 1. The Morgan fingerprint density at radius 3 is 2.25 bits per heavy atom. The van der Waals surface area contributed by atoms with Gasteiger partial charge in [-0.3, -0.25) is 4.79 Å². The third kappa shape index (κ3) is 3.41. The maximum atomic E-state index is 12.2. The van der Waals surface area contributed by atoms with Gasteiger partial charge in [0.2, 0.25) is 0 Å². The molecule has 0 fully saturated rings. The molecule has 0 heterocycles. The number of alkyl halides is 3. The molecule has 1 aromatic carbocycles. The average Bonchev–Trinajstić information content (AvgIpc) is 2.17. The summed E-state index contributed by atoms with van der Waals surface area (Å²) in [6.07, 6.45) is -4.44. The fourth-order valence-electron chi connectivity index (χ4n) is 0.963. The van der Waals surface area contributed by atoms with Crippen LogP contribution in [0.2, 0.25) is 5.02 Å². The molecule has 1 atom stereocenters. The van der Waals surface area contributed by atoms with Gasteiger partial charge in [0.1, 0.15) is 6.04 Å². The fourth-order valence-corrected chi connectivity index (χ4v) is 1.09. The molecule has 0 saturated carbocycles. The van der Waals surface area contributed by atoms with Crippen molar-refractivity contribution in [3.05, 3.63) is 34.9 Å². The highest BCUT2D eigenvalue weighted by molar-refractivity contribution is 6.30. The second-order valence-electron chi connectivity index (χ2n) is 3.24. The van der Waals surface area contributed by atoms with Crippen molar-refractivity contribution >= 4 is 17.5 Å². The summed E-state index contributed by atoms with van der Waals surface area (Å²) in [7, 11) is 0. The van der Waals surface area contributed by atoms with E-state index < -0.39 is 18.1 Å². The van der Waals surface area contributed by atoms with E-state index >= 15 is 0 Å². The van der Waals surface area contributed by atoms with Crippen LogP contribution in [0.25, 0.3) is 0 Å². The first kappa shape index (κ1) is 12.8. The minimum atomic E-state index is -4.44. The Labute approximate surface area is 95.4 Å². The molecule has 0 saturated heterocycles. The van der Waals surface area contributed by atoms with Gasteiger partial charge in [0.15, 0.2) is 0 Å². The van der Waals surface area contributed by atoms with Gasteiger partial charge in [-0.15, -0.1) is 0 Å². The summed E-state index contributed by atoms with van der Waals surface area (Å²) in [5.74, 6) is -0.776. The van der Waals surface area contributed by atoms with E-state index in [0.29, 0.717) is 5.02 Å². The van der Waals surface area contributed by atoms with Gasteiger partial charge in [-0.2, -0.15) is 13.2 Å². The molecule has 0 aromatic heterocycles. The van der Waals surface area contributed by atoms with E-state index in [1.165, 1.54) is 24.3 Å². The summed E-state index contributed by atoms with van der Waals surface area (Å²) in [4.78, 5) is 11.4. The van der Waals surface area contributed by atoms with E-state index in [1.807, 2.05) is 5.32 Å². The monoisotopic (exact) mass is 251 g/mol. The molecule has 16 heavy (non-hydrogen) atoms. The van der Waals surface area contributed by atoms with Crippen LogP contribution < -0.4 is 5.32 Å². The number of halogens is 4. The molecule has 88 valence electrons. The number of benzene rings is 1. The smallest absolute Gasteiger partial charge is 0.341 e. The molecule has 0 aliphatic heterocycles. The van der Waals surface area contributed by atoms with Gasteiger partial charge in [-0.05, 0) is 31.2 Å². The third-order valence-corrected chi connectivity index (χ3v) is 2.20. The standard InChI is InChI=1S/C10H9ClF3NO/c1-6(10(12,13)14)15-9(16)7-2-4-8(11)5-3-7/h2-6H,1H3,(H,15,16). The SMILES string of the molecule is CC(NC(=O)c1ccc(Cl)cc1)C(F)(F)F. The van der Waals surface area contributed by atoms with Crippen molar-refractivity contribution in [3.63, 3.8) is 0 Å². The van der Waals surface area contributed by atoms with Crippen molar-refractivity contribution in [1.82, 2.24) is 5.32 Å². The highest BCUT2D eigenvalue weighted by atomic mass is 35.5. The Hall–Kier alpha value is -1.23. The first-order valence-corrected chi connectivity index (χ1v) is 4.81. The number of nitrogens with one attached hydrogen (secondary N) is 1. The number of carbonyl (C=O) groups is 1. The van der Waals surface area contributed by atoms with E-state index in [1.54, 1.807) is 0 Å². The lowest BCUT2D eigenvalue weighted by molar-refractivity contribution is -0.149. The summed E-state index contributed by atoms with van der Waals surface area (Å²) in [6, 6.07) is 3.72. The normalized spacial score (nSPS) is 13.3. The number of hydrogen-bond acceptors (Lipinski definition) is 1. The first-order chi connectivity index (χ1) is 7.30. The van der Waals surface area contributed by atoms with Crippen molar-refractivity contribution in [2.24, 2.45) is 0 Å². The van der Waals surface area contributed by atoms with Crippen molar-refractivity contribution < 1.29 is 18.0 Å². The van der Waals surface area contributed by atoms with Gasteiger partial charge >= 0.3 is 6.18 Å². The predicted octanol–water partition coefficient (Wildman–Crippen LogP) is 3.02. The van der Waals surface area contributed by atoms with Crippen LogP contribution in [-0.4, -0.2) is 18.1 Å². The van der Waals surface area contributed by atoms with Gasteiger partial charge < -0.3 is 5.32 Å². The molecule has 0 aliphatic rings. The molecule has 6 heteroatoms. The zero-order valence-corrected chi connectivity index (χ0v) is 9.06. The zero-order chi connectivity index (χ0) is 12.3. The second-order valence-corrected chi connectivity index (χ2v) is 3.68. The molecule has 1 N–H and O–H groups in total. The lowest BCUT2D eigenvalue weighted by Gasteiger charge is -2.17. The molecule has 1 amide bonds. The van der Waals surface area contributed by atoms with Crippen LogP contribution in [0.5, 0.6) is 0 Å². The minimum absolute atomic E-state index is 0.139. The van der Waals surface area contributed by atoms with Crippen molar-refractivity contribution in [2.75, 3.05) is 0 Å². The molecule has 1 aromatic rings. The number of rotatable bonds is 2. The molecular weight excluding hydrogens is 243 g/mol. The minimum Gasteiger partial charge on any atom is -0.341 e. The Kier molecular flexibility index (Phi) is 3.80. The van der Waals surface area contributed by atoms with Crippen molar-refractivity contribution in [3.8, 4) is 0 Å². The first-order valence-electron chi connectivity index (χ1n) is 4.44. The molecule has 1 rings (SSSR count). The van der Waals surface area contributed by atoms with Crippen LogP contribution in [0.1, 0.15) is 17.3 Å². The van der Waals surface area contributed by atoms with E-state index in [2.05, 4.69) is 0 Å². The Balaban J connectivity index is 2.70. The highest BCUT2D eigenvalue weighted by Gasteiger charge is 2.37. The van der Waals surface area contributed by atoms with Crippen LogP contribution >= 0.6 is 11.6 Å². The third-order valence-electron chi connectivity index (χ3n) is 1.95. The molecule has 2 nitrogen and oxygen atoms in total. The highest BCUT2D eigenvalue weighted by Crippen LogP contribution is 2.20. The molecular formula is C10H9ClF3NO. The summed E-state index contributed by atoms with van der Waals surface area (Å²) in [5, 5.41) is 2.27.